The maximum Gasteiger partial charge on any atom is 0.433 e. The normalized spacial score (nSPS) is 12.2. The molecule has 0 aliphatic carbocycles. The van der Waals surface area contributed by atoms with Crippen molar-refractivity contribution >= 4 is 11.6 Å². The summed E-state index contributed by atoms with van der Waals surface area (Å²) in [6.45, 7) is 6.41. The minimum absolute atomic E-state index is 0.00558. The monoisotopic (exact) mass is 434 g/mol. The topological polar surface area (TPSA) is 45.2 Å². The second-order valence-corrected chi connectivity index (χ2v) is 8.51. The van der Waals surface area contributed by atoms with Crippen LogP contribution in [0.1, 0.15) is 32.0 Å². The average molecular weight is 435 g/mol. The molecule has 1 aromatic heterocycles. The minimum atomic E-state index is -4.52. The van der Waals surface area contributed by atoms with Gasteiger partial charge >= 0.3 is 6.18 Å². The highest BCUT2D eigenvalue weighted by atomic mass is 35.5. The van der Waals surface area contributed by atoms with Gasteiger partial charge in [0, 0.05) is 40.0 Å². The van der Waals surface area contributed by atoms with E-state index in [1.165, 1.54) is 6.07 Å². The minimum Gasteiger partial charge on any atom is -0.507 e. The number of rotatable bonds is 4. The predicted molar refractivity (Wildman–Crippen MR) is 113 cm³/mol. The molecule has 0 amide bonds. The molecule has 2 aromatic carbocycles. The van der Waals surface area contributed by atoms with Crippen LogP contribution in [0.5, 0.6) is 5.75 Å². The van der Waals surface area contributed by atoms with Crippen LogP contribution in [-0.4, -0.2) is 15.6 Å². The molecule has 3 aromatic rings. The maximum atomic E-state index is 12.9. The predicted octanol–water partition coefficient (Wildman–Crippen LogP) is 6.68. The summed E-state index contributed by atoms with van der Waals surface area (Å²) in [4.78, 5) is 3.53. The van der Waals surface area contributed by atoms with E-state index in [2.05, 4.69) is 10.3 Å². The average Bonchev–Trinajstić information content (AvgIpc) is 2.67. The summed E-state index contributed by atoms with van der Waals surface area (Å²) in [5, 5.41) is 14.8. The van der Waals surface area contributed by atoms with E-state index < -0.39 is 11.9 Å². The molecule has 0 bridgehead atoms. The summed E-state index contributed by atoms with van der Waals surface area (Å²) < 4.78 is 38.6. The Hall–Kier alpha value is -2.57. The molecule has 3 nitrogen and oxygen atoms in total. The van der Waals surface area contributed by atoms with Gasteiger partial charge in [0.15, 0.2) is 0 Å². The van der Waals surface area contributed by atoms with Gasteiger partial charge in [-0.2, -0.15) is 13.2 Å². The van der Waals surface area contributed by atoms with Crippen LogP contribution in [0.2, 0.25) is 5.02 Å². The Morgan fingerprint density at radius 1 is 0.933 bits per heavy atom. The van der Waals surface area contributed by atoms with Gasteiger partial charge in [-0.05, 0) is 62.2 Å². The lowest BCUT2D eigenvalue weighted by molar-refractivity contribution is -0.141. The van der Waals surface area contributed by atoms with E-state index in [4.69, 9.17) is 11.6 Å². The number of hydrogen-bond donors (Lipinski definition) is 2. The molecule has 0 aliphatic rings. The van der Waals surface area contributed by atoms with Crippen LogP contribution in [0.4, 0.5) is 13.2 Å². The first kappa shape index (κ1) is 22.1. The molecular weight excluding hydrogens is 413 g/mol. The van der Waals surface area contributed by atoms with Crippen molar-refractivity contribution in [3.63, 3.8) is 0 Å². The lowest BCUT2D eigenvalue weighted by Crippen LogP contribution is -2.35. The van der Waals surface area contributed by atoms with Crippen LogP contribution < -0.4 is 5.32 Å². The first-order valence-electron chi connectivity index (χ1n) is 9.34. The zero-order chi connectivity index (χ0) is 22.1. The molecule has 0 spiro atoms. The number of aromatic hydroxyl groups is 1. The van der Waals surface area contributed by atoms with Crippen molar-refractivity contribution in [1.29, 1.82) is 0 Å². The smallest absolute Gasteiger partial charge is 0.433 e. The summed E-state index contributed by atoms with van der Waals surface area (Å²) in [6, 6.07) is 13.1. The molecule has 158 valence electrons. The van der Waals surface area contributed by atoms with Crippen LogP contribution in [0.25, 0.3) is 22.3 Å². The second-order valence-electron chi connectivity index (χ2n) is 8.07. The third-order valence-electron chi connectivity index (χ3n) is 4.54. The highest BCUT2D eigenvalue weighted by Gasteiger charge is 2.32. The molecule has 0 saturated carbocycles. The molecule has 2 N–H and O–H groups in total. The molecule has 0 saturated heterocycles. The molecule has 0 unspecified atom stereocenters. The van der Waals surface area contributed by atoms with Gasteiger partial charge < -0.3 is 10.4 Å². The number of phenolic OH excluding ortho intramolecular Hbond substituents is 1. The number of phenols is 1. The van der Waals surface area contributed by atoms with Crippen LogP contribution in [-0.2, 0) is 12.7 Å². The van der Waals surface area contributed by atoms with Crippen molar-refractivity contribution in [3.8, 4) is 28.0 Å². The largest absolute Gasteiger partial charge is 0.507 e. The van der Waals surface area contributed by atoms with Crippen LogP contribution in [0, 0.1) is 0 Å². The molecule has 1 heterocycles. The molecule has 30 heavy (non-hydrogen) atoms. The molecule has 7 heteroatoms. The van der Waals surface area contributed by atoms with E-state index >= 15 is 0 Å². The van der Waals surface area contributed by atoms with Crippen LogP contribution in [0.3, 0.4) is 0 Å². The number of hydrogen-bond acceptors (Lipinski definition) is 3. The SMILES string of the molecule is CC(C)(C)NCc1cc(-c2ccc(Cl)cc2)cc(-c2ccc(C(F)(F)F)nc2)c1O. The van der Waals surface area contributed by atoms with Crippen molar-refractivity contribution in [1.82, 2.24) is 10.3 Å². The van der Waals surface area contributed by atoms with Crippen LogP contribution in [0.15, 0.2) is 54.7 Å². The molecule has 0 aliphatic heterocycles. The van der Waals surface area contributed by atoms with Crippen molar-refractivity contribution in [3.05, 3.63) is 71.0 Å². The van der Waals surface area contributed by atoms with E-state index in [0.29, 0.717) is 28.3 Å². The van der Waals surface area contributed by atoms with E-state index in [1.54, 1.807) is 18.2 Å². The van der Waals surface area contributed by atoms with Gasteiger partial charge in [0.2, 0.25) is 0 Å². The zero-order valence-corrected chi connectivity index (χ0v) is 17.6. The fourth-order valence-corrected chi connectivity index (χ4v) is 3.07. The van der Waals surface area contributed by atoms with Crippen molar-refractivity contribution in [2.75, 3.05) is 0 Å². The summed E-state index contributed by atoms with van der Waals surface area (Å²) >= 11 is 5.98. The van der Waals surface area contributed by atoms with Gasteiger partial charge in [-0.1, -0.05) is 29.8 Å². The molecule has 0 radical (unpaired) electrons. The maximum absolute atomic E-state index is 12.9. The molecule has 3 rings (SSSR count). The summed E-state index contributed by atoms with van der Waals surface area (Å²) in [5.74, 6) is 0.00558. The number of nitrogens with one attached hydrogen (secondary N) is 1. The Morgan fingerprint density at radius 2 is 1.57 bits per heavy atom. The fraction of sp³-hybridized carbons (Fsp3) is 0.261. The molecule has 0 atom stereocenters. The number of benzene rings is 2. The number of pyridine rings is 1. The Labute approximate surface area is 178 Å². The lowest BCUT2D eigenvalue weighted by Gasteiger charge is -2.22. The number of nitrogens with zero attached hydrogens (tertiary/aromatic N) is 1. The molecule has 0 fully saturated rings. The highest BCUT2D eigenvalue weighted by molar-refractivity contribution is 6.30. The number of alkyl halides is 3. The summed E-state index contributed by atoms with van der Waals surface area (Å²) in [5.41, 5.74) is 1.96. The molecular formula is C23H22ClF3N2O. The van der Waals surface area contributed by atoms with Gasteiger partial charge in [0.05, 0.1) is 0 Å². The summed E-state index contributed by atoms with van der Waals surface area (Å²) in [7, 11) is 0. The number of halogens is 4. The standard InChI is InChI=1S/C23H22ClF3N2O/c1-22(2,3)29-13-17-10-16(14-4-7-18(24)8-5-14)11-19(21(17)30)15-6-9-20(28-12-15)23(25,26)27/h4-12,29-30H,13H2,1-3H3. The second kappa shape index (κ2) is 8.28. The Morgan fingerprint density at radius 3 is 2.10 bits per heavy atom. The van der Waals surface area contributed by atoms with Crippen molar-refractivity contribution < 1.29 is 18.3 Å². The van der Waals surface area contributed by atoms with Gasteiger partial charge in [-0.15, -0.1) is 0 Å². The third kappa shape index (κ3) is 5.32. The van der Waals surface area contributed by atoms with Crippen molar-refractivity contribution in [2.24, 2.45) is 0 Å². The van der Waals surface area contributed by atoms with E-state index in [0.717, 1.165) is 23.4 Å². The van der Waals surface area contributed by atoms with Crippen LogP contribution >= 0.6 is 11.6 Å². The van der Waals surface area contributed by atoms with Gasteiger partial charge in [-0.3, -0.25) is 4.98 Å². The van der Waals surface area contributed by atoms with Gasteiger partial charge in [-0.25, -0.2) is 0 Å². The van der Waals surface area contributed by atoms with Gasteiger partial charge in [0.1, 0.15) is 11.4 Å². The van der Waals surface area contributed by atoms with E-state index in [9.17, 15) is 18.3 Å². The van der Waals surface area contributed by atoms with E-state index in [-0.39, 0.29) is 11.3 Å². The van der Waals surface area contributed by atoms with Crippen molar-refractivity contribution in [2.45, 2.75) is 39.0 Å². The quantitative estimate of drug-likeness (QED) is 0.481. The number of aromatic nitrogens is 1. The fourth-order valence-electron chi connectivity index (χ4n) is 2.94. The summed E-state index contributed by atoms with van der Waals surface area (Å²) in [6.07, 6.45) is -3.39. The first-order valence-corrected chi connectivity index (χ1v) is 9.72. The highest BCUT2D eigenvalue weighted by Crippen LogP contribution is 2.38. The van der Waals surface area contributed by atoms with E-state index in [1.807, 2.05) is 39.0 Å². The lowest BCUT2D eigenvalue weighted by atomic mass is 9.95. The zero-order valence-electron chi connectivity index (χ0n) is 16.8. The Kier molecular flexibility index (Phi) is 6.11. The first-order chi connectivity index (χ1) is 13.9. The Bertz CT molecular complexity index is 1020. The Balaban J connectivity index is 2.10. The van der Waals surface area contributed by atoms with Gasteiger partial charge in [0.25, 0.3) is 0 Å². The third-order valence-corrected chi connectivity index (χ3v) is 4.79.